The van der Waals surface area contributed by atoms with E-state index >= 15 is 0 Å². The number of carbonyl (C=O) groups excluding carboxylic acids is 2. The lowest BCUT2D eigenvalue weighted by molar-refractivity contribution is 0.0784. The molecule has 1 saturated carbocycles. The fraction of sp³-hybridized carbons (Fsp3) is 0.360. The Labute approximate surface area is 176 Å². The van der Waals surface area contributed by atoms with E-state index in [0.29, 0.717) is 18.2 Å². The third kappa shape index (κ3) is 3.72. The molecule has 0 spiro atoms. The number of amides is 2. The summed E-state index contributed by atoms with van der Waals surface area (Å²) in [5.74, 6) is -0.00479. The number of fused-ring (bicyclic) bond motifs is 3. The Kier molecular flexibility index (Phi) is 4.81. The molecule has 3 aromatic rings. The number of aromatic nitrogens is 1. The molecule has 30 heavy (non-hydrogen) atoms. The van der Waals surface area contributed by atoms with E-state index < -0.39 is 0 Å². The molecule has 1 heterocycles. The van der Waals surface area contributed by atoms with E-state index in [1.165, 1.54) is 29.5 Å². The standard InChI is InChI=1S/C25H27N3O2/c1-28(15-16-6-8-17(9-7-16)24(29)26-19-11-12-19)25(30)18-10-13-23-21(14-18)20-4-2-3-5-22(20)27-23/h6-10,13-14,19,27H,2-5,11-12,15H2,1H3,(H,26,29). The minimum Gasteiger partial charge on any atom is -0.358 e. The van der Waals surface area contributed by atoms with Crippen molar-refractivity contribution in [2.24, 2.45) is 0 Å². The second-order valence-corrected chi connectivity index (χ2v) is 8.66. The first-order chi connectivity index (χ1) is 14.6. The Balaban J connectivity index is 1.29. The summed E-state index contributed by atoms with van der Waals surface area (Å²) in [6.07, 6.45) is 6.79. The zero-order valence-corrected chi connectivity index (χ0v) is 17.3. The summed E-state index contributed by atoms with van der Waals surface area (Å²) in [5.41, 5.74) is 6.24. The predicted octanol–water partition coefficient (Wildman–Crippen LogP) is 4.21. The van der Waals surface area contributed by atoms with Crippen LogP contribution in [-0.2, 0) is 19.4 Å². The summed E-state index contributed by atoms with van der Waals surface area (Å²) >= 11 is 0. The molecule has 1 aromatic heterocycles. The van der Waals surface area contributed by atoms with Gasteiger partial charge < -0.3 is 15.2 Å². The van der Waals surface area contributed by atoms with Gasteiger partial charge in [-0.1, -0.05) is 12.1 Å². The van der Waals surface area contributed by atoms with Gasteiger partial charge in [0.15, 0.2) is 0 Å². The summed E-state index contributed by atoms with van der Waals surface area (Å²) in [6.45, 7) is 0.507. The summed E-state index contributed by atoms with van der Waals surface area (Å²) in [7, 11) is 1.83. The molecule has 2 aromatic carbocycles. The summed E-state index contributed by atoms with van der Waals surface area (Å²) in [4.78, 5) is 30.4. The van der Waals surface area contributed by atoms with Crippen LogP contribution in [0.3, 0.4) is 0 Å². The first kappa shape index (κ1) is 18.9. The van der Waals surface area contributed by atoms with Crippen LogP contribution in [0.5, 0.6) is 0 Å². The van der Waals surface area contributed by atoms with Crippen LogP contribution in [0.2, 0.25) is 0 Å². The Morgan fingerprint density at radius 1 is 1.03 bits per heavy atom. The molecule has 5 nitrogen and oxygen atoms in total. The average molecular weight is 402 g/mol. The zero-order valence-electron chi connectivity index (χ0n) is 17.3. The van der Waals surface area contributed by atoms with Crippen LogP contribution in [0.15, 0.2) is 42.5 Å². The van der Waals surface area contributed by atoms with Gasteiger partial charge in [-0.15, -0.1) is 0 Å². The van der Waals surface area contributed by atoms with E-state index in [0.717, 1.165) is 42.3 Å². The van der Waals surface area contributed by atoms with E-state index in [4.69, 9.17) is 0 Å². The Morgan fingerprint density at radius 3 is 2.53 bits per heavy atom. The molecule has 0 unspecified atom stereocenters. The molecule has 5 rings (SSSR count). The van der Waals surface area contributed by atoms with Gasteiger partial charge in [-0.3, -0.25) is 9.59 Å². The normalized spacial score (nSPS) is 15.6. The maximum absolute atomic E-state index is 13.0. The fourth-order valence-corrected chi connectivity index (χ4v) is 4.36. The van der Waals surface area contributed by atoms with Gasteiger partial charge in [-0.05, 0) is 80.0 Å². The Hall–Kier alpha value is -3.08. The van der Waals surface area contributed by atoms with Crippen LogP contribution in [0.4, 0.5) is 0 Å². The number of H-pyrrole nitrogens is 1. The van der Waals surface area contributed by atoms with Crippen LogP contribution < -0.4 is 5.32 Å². The zero-order chi connectivity index (χ0) is 20.7. The highest BCUT2D eigenvalue weighted by molar-refractivity contribution is 5.99. The molecule has 2 aliphatic carbocycles. The molecule has 2 amide bonds. The van der Waals surface area contributed by atoms with Crippen molar-refractivity contribution in [3.63, 3.8) is 0 Å². The lowest BCUT2D eigenvalue weighted by Gasteiger charge is -2.18. The summed E-state index contributed by atoms with van der Waals surface area (Å²) in [5, 5.41) is 4.19. The topological polar surface area (TPSA) is 65.2 Å². The van der Waals surface area contributed by atoms with Crippen molar-refractivity contribution in [2.75, 3.05) is 7.05 Å². The van der Waals surface area contributed by atoms with E-state index in [1.54, 1.807) is 4.90 Å². The number of nitrogens with zero attached hydrogens (tertiary/aromatic N) is 1. The van der Waals surface area contributed by atoms with Crippen molar-refractivity contribution in [3.8, 4) is 0 Å². The quantitative estimate of drug-likeness (QED) is 0.673. The van der Waals surface area contributed by atoms with E-state index in [2.05, 4.69) is 10.3 Å². The smallest absolute Gasteiger partial charge is 0.253 e. The number of benzene rings is 2. The van der Waals surface area contributed by atoms with Crippen molar-refractivity contribution in [1.82, 2.24) is 15.2 Å². The Bertz CT molecular complexity index is 1110. The molecule has 0 bridgehead atoms. The van der Waals surface area contributed by atoms with Crippen molar-refractivity contribution in [3.05, 3.63) is 70.4 Å². The van der Waals surface area contributed by atoms with Crippen LogP contribution in [0.1, 0.15) is 63.2 Å². The van der Waals surface area contributed by atoms with Crippen LogP contribution in [0, 0.1) is 0 Å². The number of aromatic amines is 1. The lowest BCUT2D eigenvalue weighted by atomic mass is 9.95. The monoisotopic (exact) mass is 401 g/mol. The van der Waals surface area contributed by atoms with Gasteiger partial charge >= 0.3 is 0 Å². The van der Waals surface area contributed by atoms with Gasteiger partial charge in [0, 0.05) is 47.4 Å². The summed E-state index contributed by atoms with van der Waals surface area (Å²) < 4.78 is 0. The molecule has 0 radical (unpaired) electrons. The number of rotatable bonds is 5. The molecule has 0 saturated heterocycles. The van der Waals surface area contributed by atoms with Crippen molar-refractivity contribution in [2.45, 2.75) is 51.1 Å². The van der Waals surface area contributed by atoms with Gasteiger partial charge in [0.05, 0.1) is 0 Å². The van der Waals surface area contributed by atoms with Crippen molar-refractivity contribution in [1.29, 1.82) is 0 Å². The maximum Gasteiger partial charge on any atom is 0.253 e. The number of aryl methyl sites for hydroxylation is 2. The van der Waals surface area contributed by atoms with Crippen LogP contribution in [-0.4, -0.2) is 34.8 Å². The molecule has 2 N–H and O–H groups in total. The van der Waals surface area contributed by atoms with Crippen LogP contribution >= 0.6 is 0 Å². The van der Waals surface area contributed by atoms with Crippen LogP contribution in [0.25, 0.3) is 10.9 Å². The fourth-order valence-electron chi connectivity index (χ4n) is 4.36. The molecule has 5 heteroatoms. The van der Waals surface area contributed by atoms with E-state index in [-0.39, 0.29) is 11.8 Å². The number of hydrogen-bond acceptors (Lipinski definition) is 2. The van der Waals surface area contributed by atoms with E-state index in [9.17, 15) is 9.59 Å². The third-order valence-electron chi connectivity index (χ3n) is 6.24. The summed E-state index contributed by atoms with van der Waals surface area (Å²) in [6, 6.07) is 13.9. The minimum atomic E-state index is -0.0170. The molecule has 0 aliphatic heterocycles. The first-order valence-electron chi connectivity index (χ1n) is 10.9. The van der Waals surface area contributed by atoms with Gasteiger partial charge in [0.2, 0.25) is 0 Å². The lowest BCUT2D eigenvalue weighted by Crippen LogP contribution is -2.26. The number of hydrogen-bond donors (Lipinski definition) is 2. The highest BCUT2D eigenvalue weighted by Crippen LogP contribution is 2.30. The second-order valence-electron chi connectivity index (χ2n) is 8.66. The highest BCUT2D eigenvalue weighted by atomic mass is 16.2. The van der Waals surface area contributed by atoms with Gasteiger partial charge in [0.1, 0.15) is 0 Å². The minimum absolute atomic E-state index is 0.0122. The van der Waals surface area contributed by atoms with E-state index in [1.807, 2.05) is 49.5 Å². The largest absolute Gasteiger partial charge is 0.358 e. The highest BCUT2D eigenvalue weighted by Gasteiger charge is 2.24. The molecule has 1 fully saturated rings. The second kappa shape index (κ2) is 7.63. The predicted molar refractivity (Wildman–Crippen MR) is 118 cm³/mol. The van der Waals surface area contributed by atoms with Crippen molar-refractivity contribution < 1.29 is 9.59 Å². The first-order valence-corrected chi connectivity index (χ1v) is 10.9. The average Bonchev–Trinajstić information content (AvgIpc) is 3.50. The van der Waals surface area contributed by atoms with Crippen molar-refractivity contribution >= 4 is 22.7 Å². The van der Waals surface area contributed by atoms with Gasteiger partial charge in [-0.2, -0.15) is 0 Å². The SMILES string of the molecule is CN(Cc1ccc(C(=O)NC2CC2)cc1)C(=O)c1ccc2[nH]c3c(c2c1)CCCC3. The number of nitrogens with one attached hydrogen (secondary N) is 2. The van der Waals surface area contributed by atoms with Gasteiger partial charge in [0.25, 0.3) is 11.8 Å². The molecule has 154 valence electrons. The molecule has 0 atom stereocenters. The molecular formula is C25H27N3O2. The number of carbonyl (C=O) groups is 2. The Morgan fingerprint density at radius 2 is 1.77 bits per heavy atom. The van der Waals surface area contributed by atoms with Gasteiger partial charge in [-0.25, -0.2) is 0 Å². The third-order valence-corrected chi connectivity index (χ3v) is 6.24. The molecule has 2 aliphatic rings. The maximum atomic E-state index is 13.0. The molecular weight excluding hydrogens is 374 g/mol.